The Morgan fingerprint density at radius 3 is 2.36 bits per heavy atom. The second-order valence-corrected chi connectivity index (χ2v) is 5.21. The minimum atomic E-state index is -1.61. The lowest BCUT2D eigenvalue weighted by molar-refractivity contribution is 0.404. The van der Waals surface area contributed by atoms with E-state index in [1.165, 1.54) is 7.11 Å². The van der Waals surface area contributed by atoms with Crippen LogP contribution in [-0.2, 0) is 3.79 Å². The Morgan fingerprint density at radius 1 is 1.43 bits per heavy atom. The molecule has 1 aromatic heterocycles. The normalized spacial score (nSPS) is 11.5. The number of aromatic nitrogens is 2. The maximum absolute atomic E-state index is 5.65. The minimum absolute atomic E-state index is 0.186. The molecule has 0 aromatic carbocycles. The second-order valence-electron chi connectivity index (χ2n) is 2.55. The number of methoxy groups -OCH3 is 1. The molecule has 0 atom stereocenters. The van der Waals surface area contributed by atoms with Crippen LogP contribution in [0, 0.1) is 11.6 Å². The largest absolute Gasteiger partial charge is 0.492 e. The highest BCUT2D eigenvalue weighted by Crippen LogP contribution is 2.36. The van der Waals surface area contributed by atoms with Gasteiger partial charge in [0.1, 0.15) is 0 Å². The van der Waals surface area contributed by atoms with Crippen molar-refractivity contribution < 1.29 is 4.74 Å². The summed E-state index contributed by atoms with van der Waals surface area (Å²) < 4.78 is 3.68. The predicted molar refractivity (Wildman–Crippen MR) is 59.9 cm³/mol. The molecule has 0 bridgehead atoms. The van der Waals surface area contributed by atoms with E-state index in [2.05, 4.69) is 9.97 Å². The molecule has 0 saturated heterocycles. The summed E-state index contributed by atoms with van der Waals surface area (Å²) >= 11 is 21.9. The Morgan fingerprint density at radius 2 is 2.00 bits per heavy atom. The average molecular weight is 274 g/mol. The fourth-order valence-corrected chi connectivity index (χ4v) is 1.55. The third-order valence-corrected chi connectivity index (χ3v) is 2.34. The molecule has 1 heterocycles. The highest BCUT2D eigenvalue weighted by atomic mass is 35.6. The van der Waals surface area contributed by atoms with E-state index < -0.39 is 3.79 Å². The molecule has 1 rings (SSSR count). The van der Waals surface area contributed by atoms with Crippen molar-refractivity contribution >= 4 is 47.0 Å². The Kier molecular flexibility index (Phi) is 3.63. The third-order valence-electron chi connectivity index (χ3n) is 1.53. The number of halogens is 3. The molecule has 3 nitrogen and oxygen atoms in total. The van der Waals surface area contributed by atoms with Crippen molar-refractivity contribution in [2.75, 3.05) is 7.11 Å². The summed E-state index contributed by atoms with van der Waals surface area (Å²) in [6.07, 6.45) is 0. The minimum Gasteiger partial charge on any atom is -0.492 e. The highest BCUT2D eigenvalue weighted by Gasteiger charge is 2.26. The van der Waals surface area contributed by atoms with Crippen LogP contribution in [0.15, 0.2) is 0 Å². The molecule has 0 aliphatic heterocycles. The first-order valence-corrected chi connectivity index (χ1v) is 5.12. The zero-order valence-electron chi connectivity index (χ0n) is 7.40. The fraction of sp³-hybridized carbons (Fsp3) is 0.429. The zero-order chi connectivity index (χ0) is 10.9. The van der Waals surface area contributed by atoms with E-state index in [1.807, 2.05) is 0 Å². The molecule has 78 valence electrons. The van der Waals surface area contributed by atoms with E-state index >= 15 is 0 Å². The van der Waals surface area contributed by atoms with Gasteiger partial charge in [-0.2, -0.15) is 0 Å². The lowest BCUT2D eigenvalue weighted by Crippen LogP contribution is -2.09. The van der Waals surface area contributed by atoms with Gasteiger partial charge >= 0.3 is 0 Å². The summed E-state index contributed by atoms with van der Waals surface area (Å²) in [5.74, 6) is 0.670. The van der Waals surface area contributed by atoms with Crippen LogP contribution in [0.5, 0.6) is 5.75 Å². The van der Waals surface area contributed by atoms with Gasteiger partial charge in [-0.15, -0.1) is 0 Å². The lowest BCUT2D eigenvalue weighted by atomic mass is 10.4. The number of hydrogen-bond donors (Lipinski definition) is 1. The number of hydrogen-bond acceptors (Lipinski definition) is 3. The molecule has 14 heavy (non-hydrogen) atoms. The van der Waals surface area contributed by atoms with Gasteiger partial charge < -0.3 is 9.72 Å². The number of alkyl halides is 3. The van der Waals surface area contributed by atoms with Gasteiger partial charge in [0.2, 0.25) is 3.79 Å². The van der Waals surface area contributed by atoms with Crippen LogP contribution in [0.3, 0.4) is 0 Å². The van der Waals surface area contributed by atoms with Crippen LogP contribution in [0.2, 0.25) is 0 Å². The van der Waals surface area contributed by atoms with Gasteiger partial charge in [-0.25, -0.2) is 4.98 Å². The van der Waals surface area contributed by atoms with Crippen molar-refractivity contribution in [3.63, 3.8) is 0 Å². The molecule has 0 aliphatic carbocycles. The molecular weight excluding hydrogens is 267 g/mol. The Bertz CT molecular complexity index is 399. The van der Waals surface area contributed by atoms with Crippen LogP contribution in [0.4, 0.5) is 0 Å². The Hall–Kier alpha value is -0.0300. The smallest absolute Gasteiger partial charge is 0.248 e. The maximum atomic E-state index is 5.65. The van der Waals surface area contributed by atoms with Crippen LogP contribution in [0.1, 0.15) is 11.5 Å². The second kappa shape index (κ2) is 4.23. The molecule has 0 spiro atoms. The average Bonchev–Trinajstić information content (AvgIpc) is 2.01. The third kappa shape index (κ3) is 2.51. The van der Waals surface area contributed by atoms with Gasteiger partial charge in [0, 0.05) is 0 Å². The van der Waals surface area contributed by atoms with E-state index in [1.54, 1.807) is 6.92 Å². The van der Waals surface area contributed by atoms with Gasteiger partial charge in [0.15, 0.2) is 16.2 Å². The van der Waals surface area contributed by atoms with Crippen LogP contribution >= 0.6 is 47.0 Å². The molecule has 0 fully saturated rings. The maximum Gasteiger partial charge on any atom is 0.248 e. The molecule has 0 saturated carbocycles. The Balaban J connectivity index is 3.36. The van der Waals surface area contributed by atoms with E-state index in [9.17, 15) is 0 Å². The van der Waals surface area contributed by atoms with Gasteiger partial charge in [0.05, 0.1) is 12.8 Å². The topological polar surface area (TPSA) is 37.9 Å². The molecule has 0 unspecified atom stereocenters. The van der Waals surface area contributed by atoms with Gasteiger partial charge in [-0.3, -0.25) is 0 Å². The lowest BCUT2D eigenvalue weighted by Gasteiger charge is -2.12. The summed E-state index contributed by atoms with van der Waals surface area (Å²) in [5, 5.41) is 0. The van der Waals surface area contributed by atoms with Crippen molar-refractivity contribution in [1.29, 1.82) is 0 Å². The van der Waals surface area contributed by atoms with Crippen LogP contribution in [-0.4, -0.2) is 17.1 Å². The number of nitrogens with zero attached hydrogens (tertiary/aromatic N) is 1. The van der Waals surface area contributed by atoms with E-state index in [4.69, 9.17) is 51.8 Å². The number of ether oxygens (including phenoxy) is 1. The summed E-state index contributed by atoms with van der Waals surface area (Å²) in [5.41, 5.74) is 0.675. The first kappa shape index (κ1) is 12.0. The monoisotopic (exact) mass is 272 g/mol. The molecule has 1 aromatic rings. The zero-order valence-corrected chi connectivity index (χ0v) is 10.5. The summed E-state index contributed by atoms with van der Waals surface area (Å²) in [6, 6.07) is 0. The van der Waals surface area contributed by atoms with Crippen molar-refractivity contribution in [2.45, 2.75) is 10.7 Å². The number of rotatable bonds is 1. The predicted octanol–water partition coefficient (Wildman–Crippen LogP) is 3.28. The van der Waals surface area contributed by atoms with Crippen molar-refractivity contribution in [2.24, 2.45) is 0 Å². The molecular formula is C7H7Cl3N2OS. The molecule has 0 aliphatic rings. The fourth-order valence-electron chi connectivity index (χ4n) is 0.950. The number of H-pyrrole nitrogens is 1. The molecule has 0 radical (unpaired) electrons. The van der Waals surface area contributed by atoms with Gasteiger partial charge in [-0.05, 0) is 6.92 Å². The Labute approximate surface area is 101 Å². The SMILES string of the molecule is COc1c(C)[nH]c(C(Cl)(Cl)Cl)nc1=S. The highest BCUT2D eigenvalue weighted by molar-refractivity contribution is 7.71. The summed E-state index contributed by atoms with van der Waals surface area (Å²) in [7, 11) is 1.50. The van der Waals surface area contributed by atoms with E-state index in [0.717, 1.165) is 0 Å². The van der Waals surface area contributed by atoms with Crippen molar-refractivity contribution in [3.8, 4) is 5.75 Å². The molecule has 7 heteroatoms. The molecule has 0 amide bonds. The van der Waals surface area contributed by atoms with Crippen molar-refractivity contribution in [3.05, 3.63) is 16.2 Å². The number of aromatic amines is 1. The number of aryl methyl sites for hydroxylation is 1. The van der Waals surface area contributed by atoms with Crippen LogP contribution < -0.4 is 4.74 Å². The van der Waals surface area contributed by atoms with Gasteiger partial charge in [-0.1, -0.05) is 47.0 Å². The molecule has 1 N–H and O–H groups in total. The quantitative estimate of drug-likeness (QED) is 0.630. The van der Waals surface area contributed by atoms with E-state index in [-0.39, 0.29) is 10.5 Å². The van der Waals surface area contributed by atoms with E-state index in [0.29, 0.717) is 11.4 Å². The summed E-state index contributed by atoms with van der Waals surface area (Å²) in [6.45, 7) is 1.76. The standard InChI is InChI=1S/C7H7Cl3N2OS/c1-3-4(13-2)5(14)12-6(11-3)7(8,9)10/h1-2H3,(H,11,12,14). The first-order valence-electron chi connectivity index (χ1n) is 3.58. The number of nitrogens with one attached hydrogen (secondary N) is 1. The van der Waals surface area contributed by atoms with Crippen molar-refractivity contribution in [1.82, 2.24) is 9.97 Å². The van der Waals surface area contributed by atoms with Gasteiger partial charge in [0.25, 0.3) is 0 Å². The summed E-state index contributed by atoms with van der Waals surface area (Å²) in [4.78, 5) is 6.72. The van der Waals surface area contributed by atoms with Crippen LogP contribution in [0.25, 0.3) is 0 Å². The first-order chi connectivity index (χ1) is 6.36.